The summed E-state index contributed by atoms with van der Waals surface area (Å²) in [6.45, 7) is 4.42. The standard InChI is InChI=1S/C17H16B3N7O2/c1-16(2)4-11(8-28-16)29-14-12(7-27(26-14)17(18,19)20)24-15-22-6-9-3-10(5-21)23-13(9)25-15/h3,6-7,11H,4,8H2,1-2H3,(H2,22,23,24,25)/t11-/m0/s1. The van der Waals surface area contributed by atoms with Crippen LogP contribution in [-0.2, 0) is 9.97 Å². The molecule has 1 saturated heterocycles. The van der Waals surface area contributed by atoms with Crippen LogP contribution in [-0.4, -0.2) is 66.6 Å². The molecule has 4 heterocycles. The molecule has 1 atom stereocenters. The van der Waals surface area contributed by atoms with E-state index in [1.807, 2.05) is 19.9 Å². The number of nitrogens with one attached hydrogen (secondary N) is 2. The average Bonchev–Trinajstić information content (AvgIpc) is 3.31. The van der Waals surface area contributed by atoms with Crippen LogP contribution in [0.4, 0.5) is 11.6 Å². The second kappa shape index (κ2) is 6.85. The Morgan fingerprint density at radius 2 is 2.24 bits per heavy atom. The van der Waals surface area contributed by atoms with Gasteiger partial charge in [0.1, 0.15) is 29.2 Å². The highest BCUT2D eigenvalue weighted by molar-refractivity contribution is 6.56. The van der Waals surface area contributed by atoms with E-state index >= 15 is 0 Å². The zero-order chi connectivity index (χ0) is 20.8. The number of anilines is 2. The molecule has 2 N–H and O–H groups in total. The molecule has 3 aromatic heterocycles. The van der Waals surface area contributed by atoms with Crippen LogP contribution in [0, 0.1) is 11.3 Å². The molecule has 0 unspecified atom stereocenters. The molecule has 0 spiro atoms. The zero-order valence-corrected chi connectivity index (χ0v) is 16.0. The summed E-state index contributed by atoms with van der Waals surface area (Å²) in [5.41, 5.74) is 1.07. The van der Waals surface area contributed by atoms with Crippen LogP contribution >= 0.6 is 0 Å². The number of nitrogens with zero attached hydrogens (tertiary/aromatic N) is 5. The Hall–Kier alpha value is -2.93. The lowest BCUT2D eigenvalue weighted by Gasteiger charge is -2.20. The number of nitriles is 1. The van der Waals surface area contributed by atoms with Crippen molar-refractivity contribution in [2.45, 2.75) is 37.2 Å². The Bertz CT molecular complexity index is 1100. The highest BCUT2D eigenvalue weighted by Gasteiger charge is 2.34. The number of hydrogen-bond acceptors (Lipinski definition) is 7. The Balaban J connectivity index is 1.63. The molecule has 0 aromatic carbocycles. The predicted molar refractivity (Wildman–Crippen MR) is 108 cm³/mol. The van der Waals surface area contributed by atoms with Gasteiger partial charge in [-0.2, -0.15) is 10.2 Å². The number of aromatic amines is 1. The summed E-state index contributed by atoms with van der Waals surface area (Å²) in [4.78, 5) is 11.5. The molecule has 29 heavy (non-hydrogen) atoms. The number of hydrogen-bond donors (Lipinski definition) is 2. The number of rotatable bonds is 5. The van der Waals surface area contributed by atoms with E-state index in [9.17, 15) is 0 Å². The summed E-state index contributed by atoms with van der Waals surface area (Å²) >= 11 is 0. The fourth-order valence-electron chi connectivity index (χ4n) is 3.10. The molecule has 9 nitrogen and oxygen atoms in total. The first-order chi connectivity index (χ1) is 13.6. The van der Waals surface area contributed by atoms with Crippen molar-refractivity contribution in [3.8, 4) is 11.9 Å². The second-order valence-corrected chi connectivity index (χ2v) is 7.61. The van der Waals surface area contributed by atoms with Crippen LogP contribution in [0.25, 0.3) is 11.0 Å². The van der Waals surface area contributed by atoms with Gasteiger partial charge < -0.3 is 19.8 Å². The summed E-state index contributed by atoms with van der Waals surface area (Å²) < 4.78 is 12.9. The van der Waals surface area contributed by atoms with E-state index in [1.165, 1.54) is 10.9 Å². The first-order valence-electron chi connectivity index (χ1n) is 8.93. The summed E-state index contributed by atoms with van der Waals surface area (Å²) in [6.07, 6.45) is 3.61. The van der Waals surface area contributed by atoms with Crippen molar-refractivity contribution >= 4 is 46.2 Å². The van der Waals surface area contributed by atoms with Crippen molar-refractivity contribution in [2.75, 3.05) is 11.9 Å². The van der Waals surface area contributed by atoms with Crippen molar-refractivity contribution in [3.63, 3.8) is 0 Å². The zero-order valence-electron chi connectivity index (χ0n) is 16.0. The van der Waals surface area contributed by atoms with E-state index < -0.39 is 5.24 Å². The van der Waals surface area contributed by atoms with Gasteiger partial charge in [-0.3, -0.25) is 4.68 Å². The van der Waals surface area contributed by atoms with E-state index in [1.54, 1.807) is 12.3 Å². The maximum Gasteiger partial charge on any atom is 0.257 e. The van der Waals surface area contributed by atoms with E-state index in [2.05, 4.69) is 25.4 Å². The third-order valence-corrected chi connectivity index (χ3v) is 4.47. The van der Waals surface area contributed by atoms with Gasteiger partial charge >= 0.3 is 0 Å². The number of H-pyrrole nitrogens is 1. The third-order valence-electron chi connectivity index (χ3n) is 4.47. The Morgan fingerprint density at radius 1 is 1.45 bits per heavy atom. The minimum absolute atomic E-state index is 0.193. The van der Waals surface area contributed by atoms with Gasteiger partial charge in [0.15, 0.2) is 0 Å². The monoisotopic (exact) mass is 383 g/mol. The van der Waals surface area contributed by atoms with Gasteiger partial charge in [0.25, 0.3) is 5.88 Å². The van der Waals surface area contributed by atoms with Crippen LogP contribution < -0.4 is 10.1 Å². The van der Waals surface area contributed by atoms with Crippen LogP contribution in [0.1, 0.15) is 26.0 Å². The summed E-state index contributed by atoms with van der Waals surface area (Å²) in [5, 5.41) is 15.3. The molecule has 1 aliphatic rings. The maximum atomic E-state index is 9.01. The minimum atomic E-state index is -1.71. The average molecular weight is 383 g/mol. The van der Waals surface area contributed by atoms with E-state index in [0.717, 1.165) is 5.39 Å². The van der Waals surface area contributed by atoms with Crippen LogP contribution in [0.2, 0.25) is 0 Å². The van der Waals surface area contributed by atoms with Crippen molar-refractivity contribution in [1.29, 1.82) is 5.26 Å². The molecule has 0 aliphatic carbocycles. The van der Waals surface area contributed by atoms with E-state index in [-0.39, 0.29) is 23.5 Å². The van der Waals surface area contributed by atoms with Gasteiger partial charge in [-0.15, -0.1) is 5.10 Å². The predicted octanol–water partition coefficient (Wildman–Crippen LogP) is 0.789. The van der Waals surface area contributed by atoms with Crippen LogP contribution in [0.5, 0.6) is 5.88 Å². The molecule has 0 amide bonds. The molecule has 1 fully saturated rings. The molecule has 4 rings (SSSR count). The summed E-state index contributed by atoms with van der Waals surface area (Å²) in [7, 11) is 17.3. The molecule has 0 bridgehead atoms. The topological polar surface area (TPSA) is 114 Å². The fourth-order valence-corrected chi connectivity index (χ4v) is 3.10. The number of fused-ring (bicyclic) bond motifs is 1. The van der Waals surface area contributed by atoms with Crippen molar-refractivity contribution in [2.24, 2.45) is 0 Å². The van der Waals surface area contributed by atoms with Crippen molar-refractivity contribution < 1.29 is 9.47 Å². The molecular formula is C17H16B3N7O2. The Labute approximate surface area is 171 Å². The van der Waals surface area contributed by atoms with Crippen LogP contribution in [0.3, 0.4) is 0 Å². The first kappa shape index (κ1) is 19.4. The second-order valence-electron chi connectivity index (χ2n) is 7.61. The lowest BCUT2D eigenvalue weighted by molar-refractivity contribution is 0.0317. The number of ether oxygens (including phenoxy) is 2. The highest BCUT2D eigenvalue weighted by atomic mass is 16.6. The van der Waals surface area contributed by atoms with Crippen molar-refractivity contribution in [3.05, 3.63) is 24.2 Å². The minimum Gasteiger partial charge on any atom is -0.469 e. The third kappa shape index (κ3) is 4.10. The molecule has 1 aliphatic heterocycles. The number of aromatic nitrogens is 5. The normalized spacial score (nSPS) is 18.6. The van der Waals surface area contributed by atoms with Gasteiger partial charge in [0.2, 0.25) is 5.95 Å². The first-order valence-corrected chi connectivity index (χ1v) is 8.93. The Kier molecular flexibility index (Phi) is 4.58. The van der Waals surface area contributed by atoms with Crippen molar-refractivity contribution in [1.82, 2.24) is 24.7 Å². The fraction of sp³-hybridized carbons (Fsp3) is 0.412. The largest absolute Gasteiger partial charge is 0.469 e. The van der Waals surface area contributed by atoms with Gasteiger partial charge in [-0.25, -0.2) is 4.98 Å². The summed E-state index contributed by atoms with van der Waals surface area (Å²) in [5.74, 6) is 0.517. The molecular weight excluding hydrogens is 367 g/mol. The lowest BCUT2D eigenvalue weighted by atomic mass is 9.49. The SMILES string of the molecule is [B]C([B])([B])n1cc(Nc2ncc3cc(C#N)[nH]c3n2)c(O[C@@H]2COC(C)(C)C2)n1. The molecule has 0 saturated carbocycles. The van der Waals surface area contributed by atoms with Gasteiger partial charge in [-0.05, 0) is 25.2 Å². The molecule has 3 aromatic rings. The van der Waals surface area contributed by atoms with Gasteiger partial charge in [0, 0.05) is 18.0 Å². The smallest absolute Gasteiger partial charge is 0.257 e. The molecule has 6 radical (unpaired) electrons. The van der Waals surface area contributed by atoms with Gasteiger partial charge in [-0.1, -0.05) is 0 Å². The highest BCUT2D eigenvalue weighted by Crippen LogP contribution is 2.32. The molecule has 140 valence electrons. The Morgan fingerprint density at radius 3 is 2.90 bits per heavy atom. The quantitative estimate of drug-likeness (QED) is 0.627. The van der Waals surface area contributed by atoms with E-state index in [4.69, 9.17) is 38.3 Å². The van der Waals surface area contributed by atoms with Gasteiger partial charge in [0.05, 0.1) is 41.9 Å². The summed E-state index contributed by atoms with van der Waals surface area (Å²) in [6, 6.07) is 3.70. The van der Waals surface area contributed by atoms with E-state index in [0.29, 0.717) is 30.1 Å². The lowest BCUT2D eigenvalue weighted by Crippen LogP contribution is -2.35. The van der Waals surface area contributed by atoms with Crippen LogP contribution in [0.15, 0.2) is 18.5 Å². The molecule has 12 heteroatoms. The maximum absolute atomic E-state index is 9.01.